The third-order valence-electron chi connectivity index (χ3n) is 3.37. The summed E-state index contributed by atoms with van der Waals surface area (Å²) in [6, 6.07) is 7.96. The molecule has 0 aliphatic carbocycles. The van der Waals surface area contributed by atoms with Crippen molar-refractivity contribution < 1.29 is 9.53 Å². The number of ketones is 1. The van der Waals surface area contributed by atoms with Crippen molar-refractivity contribution in [3.63, 3.8) is 0 Å². The van der Waals surface area contributed by atoms with E-state index in [-0.39, 0.29) is 5.78 Å². The molecule has 0 radical (unpaired) electrons. The predicted octanol–water partition coefficient (Wildman–Crippen LogP) is 2.15. The second-order valence-electron chi connectivity index (χ2n) is 4.72. The zero-order valence-electron chi connectivity index (χ0n) is 11.0. The van der Waals surface area contributed by atoms with Crippen molar-refractivity contribution in [2.45, 2.75) is 19.8 Å². The van der Waals surface area contributed by atoms with E-state index >= 15 is 0 Å². The van der Waals surface area contributed by atoms with Gasteiger partial charge in [0.15, 0.2) is 5.78 Å². The van der Waals surface area contributed by atoms with Crippen molar-refractivity contribution in [2.24, 2.45) is 0 Å². The number of Topliss-reactive ketones (excluding diaryl/α,β-unsaturated/α-hetero) is 1. The molecule has 98 valence electrons. The summed E-state index contributed by atoms with van der Waals surface area (Å²) in [5.74, 6) is 0.208. The van der Waals surface area contributed by atoms with Crippen LogP contribution in [0.2, 0.25) is 0 Å². The van der Waals surface area contributed by atoms with Crippen molar-refractivity contribution in [1.82, 2.24) is 4.90 Å². The van der Waals surface area contributed by atoms with Crippen molar-refractivity contribution in [3.8, 4) is 0 Å². The van der Waals surface area contributed by atoms with Crippen LogP contribution in [-0.2, 0) is 11.2 Å². The average Bonchev–Trinajstić information content (AvgIpc) is 2.67. The van der Waals surface area contributed by atoms with Crippen molar-refractivity contribution >= 4 is 5.78 Å². The molecular weight excluding hydrogens is 226 g/mol. The Morgan fingerprint density at radius 3 is 2.72 bits per heavy atom. The molecule has 0 aromatic heterocycles. The molecule has 3 heteroatoms. The number of carbonyl (C=O) groups is 1. The Hall–Kier alpha value is -1.19. The highest BCUT2D eigenvalue weighted by molar-refractivity contribution is 5.97. The Balaban J connectivity index is 1.93. The van der Waals surface area contributed by atoms with Crippen LogP contribution in [0.1, 0.15) is 29.3 Å². The van der Waals surface area contributed by atoms with Crippen LogP contribution in [0.5, 0.6) is 0 Å². The van der Waals surface area contributed by atoms with Gasteiger partial charge in [0.05, 0.1) is 13.2 Å². The minimum absolute atomic E-state index is 0.208. The highest BCUT2D eigenvalue weighted by atomic mass is 16.5. The minimum Gasteiger partial charge on any atom is -0.380 e. The van der Waals surface area contributed by atoms with Crippen LogP contribution in [0, 0.1) is 0 Å². The van der Waals surface area contributed by atoms with Gasteiger partial charge < -0.3 is 4.74 Å². The monoisotopic (exact) mass is 247 g/mol. The molecule has 0 atom stereocenters. The second kappa shape index (κ2) is 6.66. The summed E-state index contributed by atoms with van der Waals surface area (Å²) < 4.78 is 5.39. The topological polar surface area (TPSA) is 29.5 Å². The normalized spacial score (nSPS) is 17.4. The maximum absolute atomic E-state index is 12.1. The molecule has 0 spiro atoms. The summed E-state index contributed by atoms with van der Waals surface area (Å²) in [6.45, 7) is 6.00. The summed E-state index contributed by atoms with van der Waals surface area (Å²) in [6.07, 6.45) is 2.03. The van der Waals surface area contributed by atoms with Gasteiger partial charge in [0.25, 0.3) is 0 Å². The Bertz CT molecular complexity index is 378. The number of rotatable bonds is 4. The SMILES string of the molecule is CCc1ccc(C(=O)CN2CCCOCC2)cc1. The van der Waals surface area contributed by atoms with Gasteiger partial charge in [-0.25, -0.2) is 0 Å². The highest BCUT2D eigenvalue weighted by Crippen LogP contribution is 2.08. The molecule has 1 fully saturated rings. The molecule has 2 rings (SSSR count). The zero-order valence-corrected chi connectivity index (χ0v) is 11.0. The predicted molar refractivity (Wildman–Crippen MR) is 72.0 cm³/mol. The molecule has 1 aromatic rings. The molecule has 1 saturated heterocycles. The summed E-state index contributed by atoms with van der Waals surface area (Å²) in [7, 11) is 0. The quantitative estimate of drug-likeness (QED) is 0.764. The van der Waals surface area contributed by atoms with E-state index in [1.54, 1.807) is 0 Å². The van der Waals surface area contributed by atoms with Crippen LogP contribution in [0.15, 0.2) is 24.3 Å². The average molecular weight is 247 g/mol. The van der Waals surface area contributed by atoms with Crippen LogP contribution >= 0.6 is 0 Å². The van der Waals surface area contributed by atoms with Gasteiger partial charge in [0.2, 0.25) is 0 Å². The fraction of sp³-hybridized carbons (Fsp3) is 0.533. The van der Waals surface area contributed by atoms with Gasteiger partial charge in [-0.05, 0) is 18.4 Å². The summed E-state index contributed by atoms with van der Waals surface area (Å²) in [5, 5.41) is 0. The summed E-state index contributed by atoms with van der Waals surface area (Å²) in [5.41, 5.74) is 2.09. The Kier molecular flexibility index (Phi) is 4.90. The van der Waals surface area contributed by atoms with E-state index in [4.69, 9.17) is 4.74 Å². The molecule has 1 aliphatic heterocycles. The first-order valence-corrected chi connectivity index (χ1v) is 6.72. The number of aryl methyl sites for hydroxylation is 1. The first-order chi connectivity index (χ1) is 8.79. The number of ether oxygens (including phenoxy) is 1. The number of hydrogen-bond donors (Lipinski definition) is 0. The molecule has 0 N–H and O–H groups in total. The molecule has 3 nitrogen and oxygen atoms in total. The zero-order chi connectivity index (χ0) is 12.8. The fourth-order valence-corrected chi connectivity index (χ4v) is 2.18. The summed E-state index contributed by atoms with van der Waals surface area (Å²) in [4.78, 5) is 14.3. The number of nitrogens with zero attached hydrogens (tertiary/aromatic N) is 1. The standard InChI is InChI=1S/C15H21NO2/c1-2-13-4-6-14(7-5-13)15(17)12-16-8-3-10-18-11-9-16/h4-7H,2-3,8-12H2,1H3. The highest BCUT2D eigenvalue weighted by Gasteiger charge is 2.14. The second-order valence-corrected chi connectivity index (χ2v) is 4.72. The van der Waals surface area contributed by atoms with E-state index in [0.29, 0.717) is 6.54 Å². The van der Waals surface area contributed by atoms with Crippen molar-refractivity contribution in [1.29, 1.82) is 0 Å². The van der Waals surface area contributed by atoms with Crippen LogP contribution in [0.3, 0.4) is 0 Å². The lowest BCUT2D eigenvalue weighted by Crippen LogP contribution is -2.32. The van der Waals surface area contributed by atoms with E-state index in [2.05, 4.69) is 11.8 Å². The van der Waals surface area contributed by atoms with Gasteiger partial charge in [-0.3, -0.25) is 9.69 Å². The molecule has 18 heavy (non-hydrogen) atoms. The van der Waals surface area contributed by atoms with E-state index in [9.17, 15) is 4.79 Å². The van der Waals surface area contributed by atoms with Gasteiger partial charge in [0.1, 0.15) is 0 Å². The molecule has 0 saturated carbocycles. The maximum Gasteiger partial charge on any atom is 0.176 e. The van der Waals surface area contributed by atoms with Crippen molar-refractivity contribution in [3.05, 3.63) is 35.4 Å². The van der Waals surface area contributed by atoms with Gasteiger partial charge in [-0.2, -0.15) is 0 Å². The lowest BCUT2D eigenvalue weighted by Gasteiger charge is -2.17. The van der Waals surface area contributed by atoms with E-state index in [1.165, 1.54) is 5.56 Å². The van der Waals surface area contributed by atoms with Gasteiger partial charge >= 0.3 is 0 Å². The van der Waals surface area contributed by atoms with Gasteiger partial charge in [-0.15, -0.1) is 0 Å². The van der Waals surface area contributed by atoms with E-state index < -0.39 is 0 Å². The van der Waals surface area contributed by atoms with Crippen molar-refractivity contribution in [2.75, 3.05) is 32.8 Å². The molecule has 1 aromatic carbocycles. The lowest BCUT2D eigenvalue weighted by atomic mass is 10.1. The van der Waals surface area contributed by atoms with Crippen LogP contribution in [0.25, 0.3) is 0 Å². The molecule has 0 bridgehead atoms. The molecule has 0 unspecified atom stereocenters. The lowest BCUT2D eigenvalue weighted by molar-refractivity contribution is 0.0922. The van der Waals surface area contributed by atoms with Crippen LogP contribution in [0.4, 0.5) is 0 Å². The molecule has 0 amide bonds. The summed E-state index contributed by atoms with van der Waals surface area (Å²) >= 11 is 0. The first-order valence-electron chi connectivity index (χ1n) is 6.72. The van der Waals surface area contributed by atoms with E-state index in [1.807, 2.05) is 24.3 Å². The Morgan fingerprint density at radius 1 is 1.22 bits per heavy atom. The third-order valence-corrected chi connectivity index (χ3v) is 3.37. The van der Waals surface area contributed by atoms with Crippen LogP contribution < -0.4 is 0 Å². The Morgan fingerprint density at radius 2 is 2.00 bits per heavy atom. The van der Waals surface area contributed by atoms with E-state index in [0.717, 1.165) is 44.7 Å². The Labute approximate surface area is 109 Å². The molecule has 1 aliphatic rings. The smallest absolute Gasteiger partial charge is 0.176 e. The van der Waals surface area contributed by atoms with Gasteiger partial charge in [0, 0.05) is 25.3 Å². The number of benzene rings is 1. The van der Waals surface area contributed by atoms with Crippen LogP contribution in [-0.4, -0.2) is 43.5 Å². The molecular formula is C15H21NO2. The minimum atomic E-state index is 0.208. The maximum atomic E-state index is 12.1. The fourth-order valence-electron chi connectivity index (χ4n) is 2.18. The molecule has 1 heterocycles. The first kappa shape index (κ1) is 13.2. The van der Waals surface area contributed by atoms with Gasteiger partial charge in [-0.1, -0.05) is 31.2 Å². The number of hydrogen-bond acceptors (Lipinski definition) is 3. The number of carbonyl (C=O) groups excluding carboxylic acids is 1. The third kappa shape index (κ3) is 3.65. The largest absolute Gasteiger partial charge is 0.380 e.